The van der Waals surface area contributed by atoms with E-state index in [4.69, 9.17) is 0 Å². The summed E-state index contributed by atoms with van der Waals surface area (Å²) in [5, 5.41) is 0. The molecular formula is C21H34N4O5S2. The molecule has 0 unspecified atom stereocenters. The summed E-state index contributed by atoms with van der Waals surface area (Å²) in [5.74, 6) is -0.245. The number of sulfonamides is 1. The van der Waals surface area contributed by atoms with E-state index >= 15 is 0 Å². The van der Waals surface area contributed by atoms with Gasteiger partial charge in [0, 0.05) is 59.3 Å². The Morgan fingerprint density at radius 3 is 1.81 bits per heavy atom. The smallest absolute Gasteiger partial charge is 0.281 e. The lowest BCUT2D eigenvalue weighted by Crippen LogP contribution is -2.54. The number of carbonyl (C=O) groups excluding carboxylic acids is 1. The van der Waals surface area contributed by atoms with Crippen LogP contribution in [0.5, 0.6) is 0 Å². The van der Waals surface area contributed by atoms with E-state index in [-0.39, 0.29) is 24.9 Å². The van der Waals surface area contributed by atoms with Crippen molar-refractivity contribution in [2.75, 3.05) is 53.4 Å². The molecule has 1 aromatic carbocycles. The van der Waals surface area contributed by atoms with Gasteiger partial charge in [0.1, 0.15) is 0 Å². The summed E-state index contributed by atoms with van der Waals surface area (Å²) in [5.41, 5.74) is 2.51. The van der Waals surface area contributed by atoms with Crippen LogP contribution in [-0.4, -0.2) is 93.9 Å². The van der Waals surface area contributed by atoms with Crippen LogP contribution in [0.25, 0.3) is 0 Å². The van der Waals surface area contributed by atoms with Crippen LogP contribution in [0.3, 0.4) is 0 Å². The van der Waals surface area contributed by atoms with Crippen LogP contribution >= 0.6 is 0 Å². The second kappa shape index (κ2) is 9.38. The first-order valence-corrected chi connectivity index (χ1v) is 13.7. The largest absolute Gasteiger partial charge is 0.340 e. The van der Waals surface area contributed by atoms with Crippen LogP contribution in [0.15, 0.2) is 17.0 Å². The number of aryl methyl sites for hydroxylation is 3. The first-order valence-electron chi connectivity index (χ1n) is 10.9. The van der Waals surface area contributed by atoms with Crippen molar-refractivity contribution in [1.29, 1.82) is 0 Å². The van der Waals surface area contributed by atoms with Gasteiger partial charge in [0.15, 0.2) is 0 Å². The van der Waals surface area contributed by atoms with Crippen LogP contribution in [0, 0.1) is 26.7 Å². The van der Waals surface area contributed by atoms with Gasteiger partial charge in [-0.2, -0.15) is 21.3 Å². The topological polar surface area (TPSA) is 98.3 Å². The summed E-state index contributed by atoms with van der Waals surface area (Å²) in [6.07, 6.45) is 0.941. The average Bonchev–Trinajstić information content (AvgIpc) is 2.72. The van der Waals surface area contributed by atoms with Crippen molar-refractivity contribution >= 4 is 26.1 Å². The van der Waals surface area contributed by atoms with Gasteiger partial charge in [-0.3, -0.25) is 4.79 Å². The van der Waals surface area contributed by atoms with Crippen LogP contribution in [-0.2, 0) is 25.0 Å². The van der Waals surface area contributed by atoms with Crippen LogP contribution in [0.4, 0.5) is 0 Å². The highest BCUT2D eigenvalue weighted by Crippen LogP contribution is 2.29. The van der Waals surface area contributed by atoms with Crippen molar-refractivity contribution in [3.05, 3.63) is 28.8 Å². The number of nitrogens with zero attached hydrogens (tertiary/aromatic N) is 4. The molecule has 11 heteroatoms. The van der Waals surface area contributed by atoms with E-state index in [2.05, 4.69) is 0 Å². The first-order chi connectivity index (χ1) is 14.9. The van der Waals surface area contributed by atoms with E-state index < -0.39 is 20.2 Å². The second-order valence-corrected chi connectivity index (χ2v) is 12.9. The third-order valence-electron chi connectivity index (χ3n) is 6.34. The zero-order valence-corrected chi connectivity index (χ0v) is 21.2. The first kappa shape index (κ1) is 25.1. The van der Waals surface area contributed by atoms with Gasteiger partial charge >= 0.3 is 0 Å². The Kier molecular flexibility index (Phi) is 7.36. The van der Waals surface area contributed by atoms with Gasteiger partial charge in [0.25, 0.3) is 10.2 Å². The molecule has 0 aliphatic carbocycles. The van der Waals surface area contributed by atoms with E-state index in [0.717, 1.165) is 16.7 Å². The third kappa shape index (κ3) is 4.86. The Hall–Kier alpha value is -1.53. The van der Waals surface area contributed by atoms with Gasteiger partial charge in [-0.15, -0.1) is 0 Å². The van der Waals surface area contributed by atoms with E-state index in [1.165, 1.54) is 27.0 Å². The number of rotatable bonds is 5. The molecule has 32 heavy (non-hydrogen) atoms. The summed E-state index contributed by atoms with van der Waals surface area (Å²) >= 11 is 0. The van der Waals surface area contributed by atoms with Gasteiger partial charge in [-0.05, 0) is 44.7 Å². The highest BCUT2D eigenvalue weighted by molar-refractivity contribution is 7.89. The number of hydrogen-bond acceptors (Lipinski definition) is 5. The minimum Gasteiger partial charge on any atom is -0.340 e. The second-order valence-electron chi connectivity index (χ2n) is 8.92. The number of hydrogen-bond donors (Lipinski definition) is 0. The van der Waals surface area contributed by atoms with Crippen LogP contribution in [0.2, 0.25) is 0 Å². The Morgan fingerprint density at radius 2 is 1.34 bits per heavy atom. The highest BCUT2D eigenvalue weighted by Gasteiger charge is 2.37. The molecule has 180 valence electrons. The lowest BCUT2D eigenvalue weighted by atomic mass is 9.96. The molecule has 2 saturated heterocycles. The van der Waals surface area contributed by atoms with Crippen molar-refractivity contribution < 1.29 is 21.6 Å². The normalized spacial score (nSPS) is 20.1. The van der Waals surface area contributed by atoms with Gasteiger partial charge in [-0.25, -0.2) is 8.42 Å². The molecule has 0 N–H and O–H groups in total. The van der Waals surface area contributed by atoms with Crippen molar-refractivity contribution in [2.24, 2.45) is 5.92 Å². The Morgan fingerprint density at radius 1 is 0.844 bits per heavy atom. The van der Waals surface area contributed by atoms with E-state index in [1.807, 2.05) is 32.9 Å². The molecule has 2 fully saturated rings. The zero-order valence-electron chi connectivity index (χ0n) is 19.5. The summed E-state index contributed by atoms with van der Waals surface area (Å²) in [7, 11) is -4.11. The summed E-state index contributed by atoms with van der Waals surface area (Å²) in [4.78, 5) is 15.1. The quantitative estimate of drug-likeness (QED) is 0.618. The number of piperidine rings is 1. The van der Waals surface area contributed by atoms with Gasteiger partial charge in [-0.1, -0.05) is 17.7 Å². The Balaban J connectivity index is 1.61. The molecule has 0 bridgehead atoms. The van der Waals surface area contributed by atoms with E-state index in [9.17, 15) is 21.6 Å². The summed E-state index contributed by atoms with van der Waals surface area (Å²) in [6, 6.07) is 3.76. The van der Waals surface area contributed by atoms with Crippen molar-refractivity contribution in [3.8, 4) is 0 Å². The maximum atomic E-state index is 13.3. The molecule has 0 saturated carbocycles. The maximum Gasteiger partial charge on any atom is 0.281 e. The van der Waals surface area contributed by atoms with E-state index in [0.29, 0.717) is 43.9 Å². The lowest BCUT2D eigenvalue weighted by Gasteiger charge is -2.38. The molecule has 2 aliphatic rings. The molecule has 0 aromatic heterocycles. The standard InChI is InChI=1S/C21H34N4O5S2/c1-16-14-17(2)20(18(3)15-16)31(27,28)24-8-6-19(7-9-24)21(26)23-10-12-25(13-11-23)32(29,30)22(4)5/h14-15,19H,6-13H2,1-5H3. The maximum absolute atomic E-state index is 13.3. The molecule has 0 atom stereocenters. The summed E-state index contributed by atoms with van der Waals surface area (Å²) < 4.78 is 55.1. The molecule has 2 heterocycles. The molecule has 2 aliphatic heterocycles. The number of piperazine rings is 1. The molecule has 9 nitrogen and oxygen atoms in total. The highest BCUT2D eigenvalue weighted by atomic mass is 32.2. The van der Waals surface area contributed by atoms with Crippen LogP contribution in [0.1, 0.15) is 29.5 Å². The Labute approximate surface area is 192 Å². The average molecular weight is 487 g/mol. The van der Waals surface area contributed by atoms with Crippen molar-refractivity contribution in [1.82, 2.24) is 17.8 Å². The molecular weight excluding hydrogens is 452 g/mol. The minimum absolute atomic E-state index is 0.00774. The zero-order chi connectivity index (χ0) is 23.8. The predicted molar refractivity (Wildman–Crippen MR) is 123 cm³/mol. The van der Waals surface area contributed by atoms with E-state index in [1.54, 1.807) is 4.90 Å². The minimum atomic E-state index is -3.62. The van der Waals surface area contributed by atoms with Crippen molar-refractivity contribution in [3.63, 3.8) is 0 Å². The SMILES string of the molecule is Cc1cc(C)c(S(=O)(=O)N2CCC(C(=O)N3CCN(S(=O)(=O)N(C)C)CC3)CC2)c(C)c1. The fourth-order valence-electron chi connectivity index (χ4n) is 4.67. The predicted octanol–water partition coefficient (Wildman–Crippen LogP) is 0.963. The summed E-state index contributed by atoms with van der Waals surface area (Å²) in [6.45, 7) is 7.44. The molecule has 1 aromatic rings. The molecule has 0 spiro atoms. The fourth-order valence-corrected chi connectivity index (χ4v) is 7.64. The number of carbonyl (C=O) groups is 1. The number of amides is 1. The molecule has 3 rings (SSSR count). The monoisotopic (exact) mass is 486 g/mol. The van der Waals surface area contributed by atoms with Crippen molar-refractivity contribution in [2.45, 2.75) is 38.5 Å². The third-order valence-corrected chi connectivity index (χ3v) is 10.5. The van der Waals surface area contributed by atoms with Gasteiger partial charge < -0.3 is 4.90 Å². The van der Waals surface area contributed by atoms with Gasteiger partial charge in [0.2, 0.25) is 15.9 Å². The lowest BCUT2D eigenvalue weighted by molar-refractivity contribution is -0.138. The van der Waals surface area contributed by atoms with Gasteiger partial charge in [0.05, 0.1) is 4.90 Å². The molecule has 1 amide bonds. The Bertz CT molecular complexity index is 1050. The number of benzene rings is 1. The fraction of sp³-hybridized carbons (Fsp3) is 0.667. The van der Waals surface area contributed by atoms with Crippen LogP contribution < -0.4 is 0 Å². The molecule has 0 radical (unpaired) electrons.